The molecular formula is C13H17N3. The molecule has 0 fully saturated rings. The van der Waals surface area contributed by atoms with E-state index in [4.69, 9.17) is 0 Å². The predicted molar refractivity (Wildman–Crippen MR) is 67.4 cm³/mol. The van der Waals surface area contributed by atoms with E-state index in [1.165, 1.54) is 10.9 Å². The number of hydrogen-bond acceptors (Lipinski definition) is 3. The number of hydrogen-bond donors (Lipinski definition) is 2. The van der Waals surface area contributed by atoms with Gasteiger partial charge in [0.05, 0.1) is 5.52 Å². The first-order valence-corrected chi connectivity index (χ1v) is 5.59. The van der Waals surface area contributed by atoms with Crippen LogP contribution in [0.5, 0.6) is 0 Å². The molecule has 1 heterocycles. The van der Waals surface area contributed by atoms with Gasteiger partial charge in [0.1, 0.15) is 0 Å². The number of aromatic nitrogens is 1. The lowest BCUT2D eigenvalue weighted by molar-refractivity contribution is 0.651. The average Bonchev–Trinajstić information content (AvgIpc) is 2.34. The molecule has 0 saturated carbocycles. The van der Waals surface area contributed by atoms with Gasteiger partial charge in [0.25, 0.3) is 0 Å². The number of nitrogens with zero attached hydrogens (tertiary/aromatic N) is 1. The third-order valence-electron chi connectivity index (χ3n) is 2.55. The Morgan fingerprint density at radius 3 is 3.00 bits per heavy atom. The summed E-state index contributed by atoms with van der Waals surface area (Å²) in [5.41, 5.74) is 2.36. The fourth-order valence-corrected chi connectivity index (χ4v) is 1.68. The minimum Gasteiger partial charge on any atom is -0.318 e. The Labute approximate surface area is 95.9 Å². The predicted octanol–water partition coefficient (Wildman–Crippen LogP) is 1.54. The van der Waals surface area contributed by atoms with Crippen LogP contribution in [0.3, 0.4) is 0 Å². The molecule has 3 heteroatoms. The molecule has 0 aliphatic rings. The first-order chi connectivity index (χ1) is 7.90. The van der Waals surface area contributed by atoms with E-state index in [1.54, 1.807) is 0 Å². The Balaban J connectivity index is 2.02. The quantitative estimate of drug-likeness (QED) is 0.743. The fraction of sp³-hybridized carbons (Fsp3) is 0.308. The van der Waals surface area contributed by atoms with Crippen molar-refractivity contribution >= 4 is 10.9 Å². The molecule has 0 unspecified atom stereocenters. The largest absolute Gasteiger partial charge is 0.318 e. The summed E-state index contributed by atoms with van der Waals surface area (Å²) in [4.78, 5) is 4.30. The van der Waals surface area contributed by atoms with Gasteiger partial charge in [0, 0.05) is 31.2 Å². The van der Waals surface area contributed by atoms with Crippen molar-refractivity contribution < 1.29 is 0 Å². The molecule has 1 aromatic heterocycles. The Kier molecular flexibility index (Phi) is 3.86. The van der Waals surface area contributed by atoms with Crippen molar-refractivity contribution in [3.63, 3.8) is 0 Å². The standard InChI is InChI=1S/C13H17N3/c1-14-7-8-15-10-11-4-5-13-12(9-11)3-2-6-16-13/h2-6,9,14-15H,7-8,10H2,1H3. The molecule has 2 rings (SSSR count). The van der Waals surface area contributed by atoms with Crippen LogP contribution in [0.25, 0.3) is 10.9 Å². The first kappa shape index (κ1) is 11.0. The summed E-state index contributed by atoms with van der Waals surface area (Å²) in [6.07, 6.45) is 1.83. The summed E-state index contributed by atoms with van der Waals surface area (Å²) in [5, 5.41) is 7.70. The zero-order valence-electron chi connectivity index (χ0n) is 9.53. The molecule has 0 spiro atoms. The van der Waals surface area contributed by atoms with Crippen molar-refractivity contribution in [3.8, 4) is 0 Å². The molecule has 0 bridgehead atoms. The van der Waals surface area contributed by atoms with Crippen molar-refractivity contribution in [1.82, 2.24) is 15.6 Å². The van der Waals surface area contributed by atoms with Crippen LogP contribution in [-0.2, 0) is 6.54 Å². The molecule has 0 aliphatic carbocycles. The van der Waals surface area contributed by atoms with E-state index in [2.05, 4.69) is 39.9 Å². The second-order valence-corrected chi connectivity index (χ2v) is 3.81. The van der Waals surface area contributed by atoms with Gasteiger partial charge in [0.2, 0.25) is 0 Å². The summed E-state index contributed by atoms with van der Waals surface area (Å²) in [6.45, 7) is 2.89. The van der Waals surface area contributed by atoms with Crippen molar-refractivity contribution in [2.75, 3.05) is 20.1 Å². The highest BCUT2D eigenvalue weighted by Crippen LogP contribution is 2.12. The van der Waals surface area contributed by atoms with E-state index >= 15 is 0 Å². The van der Waals surface area contributed by atoms with E-state index in [0.717, 1.165) is 25.2 Å². The van der Waals surface area contributed by atoms with Gasteiger partial charge in [-0.15, -0.1) is 0 Å². The van der Waals surface area contributed by atoms with Gasteiger partial charge in [-0.3, -0.25) is 4.98 Å². The van der Waals surface area contributed by atoms with Crippen LogP contribution in [0, 0.1) is 0 Å². The zero-order chi connectivity index (χ0) is 11.2. The third-order valence-corrected chi connectivity index (χ3v) is 2.55. The smallest absolute Gasteiger partial charge is 0.0702 e. The number of pyridine rings is 1. The van der Waals surface area contributed by atoms with Crippen LogP contribution in [0.2, 0.25) is 0 Å². The molecule has 16 heavy (non-hydrogen) atoms. The van der Waals surface area contributed by atoms with Gasteiger partial charge < -0.3 is 10.6 Å². The molecule has 84 valence electrons. The SMILES string of the molecule is CNCCNCc1ccc2ncccc2c1. The number of fused-ring (bicyclic) bond motifs is 1. The topological polar surface area (TPSA) is 37.0 Å². The summed E-state index contributed by atoms with van der Waals surface area (Å²) in [7, 11) is 1.96. The van der Waals surface area contributed by atoms with Gasteiger partial charge in [-0.25, -0.2) is 0 Å². The number of likely N-dealkylation sites (N-methyl/N-ethyl adjacent to an activating group) is 1. The minimum absolute atomic E-state index is 0.909. The molecule has 2 aromatic rings. The van der Waals surface area contributed by atoms with Crippen molar-refractivity contribution in [1.29, 1.82) is 0 Å². The summed E-state index contributed by atoms with van der Waals surface area (Å²) < 4.78 is 0. The molecule has 0 radical (unpaired) electrons. The van der Waals surface area contributed by atoms with Gasteiger partial charge in [-0.1, -0.05) is 12.1 Å². The number of nitrogens with one attached hydrogen (secondary N) is 2. The van der Waals surface area contributed by atoms with E-state index in [0.29, 0.717) is 0 Å². The number of benzene rings is 1. The molecule has 1 aromatic carbocycles. The van der Waals surface area contributed by atoms with Gasteiger partial charge in [0.15, 0.2) is 0 Å². The lowest BCUT2D eigenvalue weighted by Gasteiger charge is -2.05. The Bertz CT molecular complexity index is 454. The van der Waals surface area contributed by atoms with Crippen molar-refractivity contribution in [2.24, 2.45) is 0 Å². The minimum atomic E-state index is 0.909. The maximum absolute atomic E-state index is 4.30. The van der Waals surface area contributed by atoms with Crippen LogP contribution in [0.4, 0.5) is 0 Å². The van der Waals surface area contributed by atoms with Gasteiger partial charge in [-0.05, 0) is 30.8 Å². The van der Waals surface area contributed by atoms with E-state index in [9.17, 15) is 0 Å². The highest BCUT2D eigenvalue weighted by atomic mass is 14.9. The highest BCUT2D eigenvalue weighted by Gasteiger charge is 1.96. The maximum Gasteiger partial charge on any atom is 0.0702 e. The van der Waals surface area contributed by atoms with Gasteiger partial charge in [-0.2, -0.15) is 0 Å². The van der Waals surface area contributed by atoms with E-state index in [-0.39, 0.29) is 0 Å². The van der Waals surface area contributed by atoms with Crippen LogP contribution in [0.15, 0.2) is 36.5 Å². The highest BCUT2D eigenvalue weighted by molar-refractivity contribution is 5.78. The van der Waals surface area contributed by atoms with Crippen LogP contribution >= 0.6 is 0 Å². The summed E-state index contributed by atoms with van der Waals surface area (Å²) >= 11 is 0. The first-order valence-electron chi connectivity index (χ1n) is 5.59. The van der Waals surface area contributed by atoms with Crippen LogP contribution in [0.1, 0.15) is 5.56 Å². The fourth-order valence-electron chi connectivity index (χ4n) is 1.68. The van der Waals surface area contributed by atoms with Crippen LogP contribution in [-0.4, -0.2) is 25.1 Å². The maximum atomic E-state index is 4.30. The summed E-state index contributed by atoms with van der Waals surface area (Å²) in [6, 6.07) is 10.5. The second kappa shape index (κ2) is 5.58. The third kappa shape index (κ3) is 2.78. The zero-order valence-corrected chi connectivity index (χ0v) is 9.53. The van der Waals surface area contributed by atoms with Gasteiger partial charge >= 0.3 is 0 Å². The Hall–Kier alpha value is -1.45. The van der Waals surface area contributed by atoms with E-state index < -0.39 is 0 Å². The molecule has 0 saturated heterocycles. The monoisotopic (exact) mass is 215 g/mol. The molecule has 0 aliphatic heterocycles. The lowest BCUT2D eigenvalue weighted by atomic mass is 10.1. The number of rotatable bonds is 5. The lowest BCUT2D eigenvalue weighted by Crippen LogP contribution is -2.24. The summed E-state index contributed by atoms with van der Waals surface area (Å²) in [5.74, 6) is 0. The molecule has 2 N–H and O–H groups in total. The molecule has 0 atom stereocenters. The Morgan fingerprint density at radius 2 is 2.12 bits per heavy atom. The van der Waals surface area contributed by atoms with Crippen molar-refractivity contribution in [3.05, 3.63) is 42.1 Å². The van der Waals surface area contributed by atoms with Crippen LogP contribution < -0.4 is 10.6 Å². The molecule has 0 amide bonds. The normalized spacial score (nSPS) is 10.8. The second-order valence-electron chi connectivity index (χ2n) is 3.81. The molecular weight excluding hydrogens is 198 g/mol. The van der Waals surface area contributed by atoms with E-state index in [1.807, 2.05) is 19.3 Å². The molecule has 3 nitrogen and oxygen atoms in total. The Morgan fingerprint density at radius 1 is 1.19 bits per heavy atom. The van der Waals surface area contributed by atoms with Crippen molar-refractivity contribution in [2.45, 2.75) is 6.54 Å². The average molecular weight is 215 g/mol.